The van der Waals surface area contributed by atoms with Crippen molar-refractivity contribution in [1.29, 1.82) is 0 Å². The Morgan fingerprint density at radius 1 is 0.595 bits per heavy atom. The number of sulfonamides is 1. The second-order valence-electron chi connectivity index (χ2n) is 9.00. The standard InChI is InChI=1S/C31H22N2O3S/c1-20-12-14-23(15-13-20)37(35,36)33-32-30-26-18-16-24(21-8-4-2-5-9-21)28-25(22-10-6-3-7-11-22)17-19-27(29(26)28)31(30)34/h2-19,33H,1H3/b32-30+. The summed E-state index contributed by atoms with van der Waals surface area (Å²) in [7, 11) is -3.94. The van der Waals surface area contributed by atoms with Gasteiger partial charge in [0.25, 0.3) is 10.0 Å². The average Bonchev–Trinajstić information content (AvgIpc) is 3.21. The highest BCUT2D eigenvalue weighted by Crippen LogP contribution is 2.42. The minimum absolute atomic E-state index is 0.0838. The fourth-order valence-corrected chi connectivity index (χ4v) is 5.65. The first-order valence-corrected chi connectivity index (χ1v) is 13.3. The van der Waals surface area contributed by atoms with Gasteiger partial charge in [-0.25, -0.2) is 0 Å². The molecule has 0 saturated carbocycles. The molecule has 0 bridgehead atoms. The number of ketones is 1. The number of aryl methyl sites for hydroxylation is 1. The summed E-state index contributed by atoms with van der Waals surface area (Å²) in [6.07, 6.45) is 0. The molecule has 0 aliphatic heterocycles. The molecule has 0 heterocycles. The average molecular weight is 503 g/mol. The summed E-state index contributed by atoms with van der Waals surface area (Å²) in [5.41, 5.74) is 6.20. The highest BCUT2D eigenvalue weighted by atomic mass is 32.2. The predicted molar refractivity (Wildman–Crippen MR) is 147 cm³/mol. The summed E-state index contributed by atoms with van der Waals surface area (Å²) >= 11 is 0. The summed E-state index contributed by atoms with van der Waals surface area (Å²) in [4.78, 5) is 15.9. The zero-order chi connectivity index (χ0) is 25.6. The number of hydrogen-bond acceptors (Lipinski definition) is 4. The molecule has 0 amide bonds. The van der Waals surface area contributed by atoms with Crippen molar-refractivity contribution in [2.75, 3.05) is 0 Å². The third kappa shape index (κ3) is 3.92. The fraction of sp³-hybridized carbons (Fsp3) is 0.0323. The van der Waals surface area contributed by atoms with Gasteiger partial charge in [-0.3, -0.25) is 4.79 Å². The maximum atomic E-state index is 13.5. The first kappa shape index (κ1) is 22.9. The normalized spacial score (nSPS) is 13.9. The summed E-state index contributed by atoms with van der Waals surface area (Å²) in [6, 6.07) is 34.1. The van der Waals surface area contributed by atoms with Gasteiger partial charge in [-0.1, -0.05) is 96.6 Å². The van der Waals surface area contributed by atoms with Crippen molar-refractivity contribution in [3.8, 4) is 22.3 Å². The van der Waals surface area contributed by atoms with E-state index in [0.29, 0.717) is 11.1 Å². The molecule has 180 valence electrons. The topological polar surface area (TPSA) is 75.6 Å². The molecule has 5 aromatic rings. The number of carbonyl (C=O) groups excluding carboxylic acids is 1. The van der Waals surface area contributed by atoms with Gasteiger partial charge in [-0.2, -0.15) is 18.4 Å². The van der Waals surface area contributed by atoms with E-state index in [1.54, 1.807) is 12.1 Å². The molecule has 0 saturated heterocycles. The van der Waals surface area contributed by atoms with Crippen LogP contribution >= 0.6 is 0 Å². The third-order valence-electron chi connectivity index (χ3n) is 6.65. The Labute approximate surface area is 215 Å². The van der Waals surface area contributed by atoms with E-state index in [2.05, 4.69) is 9.93 Å². The van der Waals surface area contributed by atoms with Crippen molar-refractivity contribution in [1.82, 2.24) is 4.83 Å². The Hall–Kier alpha value is -4.55. The monoisotopic (exact) mass is 502 g/mol. The van der Waals surface area contributed by atoms with Crippen LogP contribution in [0.4, 0.5) is 0 Å². The zero-order valence-electron chi connectivity index (χ0n) is 20.0. The molecule has 0 spiro atoms. The molecule has 0 radical (unpaired) electrons. The molecule has 1 aliphatic carbocycles. The Morgan fingerprint density at radius 2 is 1.08 bits per heavy atom. The Bertz CT molecular complexity index is 1760. The Balaban J connectivity index is 1.55. The van der Waals surface area contributed by atoms with E-state index in [-0.39, 0.29) is 16.4 Å². The maximum Gasteiger partial charge on any atom is 0.276 e. The van der Waals surface area contributed by atoms with Crippen LogP contribution in [0.3, 0.4) is 0 Å². The molecule has 5 nitrogen and oxygen atoms in total. The maximum absolute atomic E-state index is 13.5. The van der Waals surface area contributed by atoms with Crippen molar-refractivity contribution in [3.63, 3.8) is 0 Å². The molecular formula is C31H22N2O3S. The van der Waals surface area contributed by atoms with Crippen molar-refractivity contribution in [3.05, 3.63) is 126 Å². The lowest BCUT2D eigenvalue weighted by Crippen LogP contribution is -2.22. The van der Waals surface area contributed by atoms with Crippen LogP contribution in [0.5, 0.6) is 0 Å². The molecule has 37 heavy (non-hydrogen) atoms. The van der Waals surface area contributed by atoms with Crippen LogP contribution in [0.15, 0.2) is 119 Å². The van der Waals surface area contributed by atoms with Crippen molar-refractivity contribution < 1.29 is 13.2 Å². The van der Waals surface area contributed by atoms with Gasteiger partial charge >= 0.3 is 0 Å². The molecule has 6 rings (SSSR count). The molecule has 0 atom stereocenters. The second kappa shape index (κ2) is 8.84. The highest BCUT2D eigenvalue weighted by Gasteiger charge is 2.32. The van der Waals surface area contributed by atoms with Gasteiger partial charge in [-0.05, 0) is 52.8 Å². The number of hydrazone groups is 1. The fourth-order valence-electron chi connectivity index (χ4n) is 4.84. The van der Waals surface area contributed by atoms with Crippen LogP contribution in [-0.4, -0.2) is 19.9 Å². The molecule has 5 aromatic carbocycles. The number of Topliss-reactive ketones (excluding diaryl/α,β-unsaturated/α-hetero) is 1. The van der Waals surface area contributed by atoms with Crippen LogP contribution in [0, 0.1) is 6.92 Å². The summed E-state index contributed by atoms with van der Waals surface area (Å²) < 4.78 is 25.7. The lowest BCUT2D eigenvalue weighted by molar-refractivity contribution is 0.107. The second-order valence-corrected chi connectivity index (χ2v) is 10.7. The van der Waals surface area contributed by atoms with Gasteiger partial charge in [-0.15, -0.1) is 0 Å². The lowest BCUT2D eigenvalue weighted by atomic mass is 9.89. The predicted octanol–water partition coefficient (Wildman–Crippen LogP) is 6.36. The van der Waals surface area contributed by atoms with Crippen molar-refractivity contribution in [2.45, 2.75) is 11.8 Å². The van der Waals surface area contributed by atoms with Crippen LogP contribution < -0.4 is 4.83 Å². The summed E-state index contributed by atoms with van der Waals surface area (Å²) in [5, 5.41) is 5.86. The number of nitrogens with one attached hydrogen (secondary N) is 1. The first-order chi connectivity index (χ1) is 17.9. The van der Waals surface area contributed by atoms with E-state index in [4.69, 9.17) is 0 Å². The van der Waals surface area contributed by atoms with Gasteiger partial charge in [0.15, 0.2) is 0 Å². The molecule has 1 N–H and O–H groups in total. The van der Waals surface area contributed by atoms with Gasteiger partial charge in [0, 0.05) is 16.5 Å². The van der Waals surface area contributed by atoms with E-state index in [9.17, 15) is 13.2 Å². The van der Waals surface area contributed by atoms with Gasteiger partial charge in [0.2, 0.25) is 5.78 Å². The summed E-state index contributed by atoms with van der Waals surface area (Å²) in [6.45, 7) is 1.88. The van der Waals surface area contributed by atoms with Crippen LogP contribution in [0.2, 0.25) is 0 Å². The number of hydrogen-bond donors (Lipinski definition) is 1. The number of carbonyl (C=O) groups is 1. The molecule has 1 aliphatic rings. The zero-order valence-corrected chi connectivity index (χ0v) is 20.8. The highest BCUT2D eigenvalue weighted by molar-refractivity contribution is 7.89. The van der Waals surface area contributed by atoms with E-state index in [1.807, 2.05) is 91.9 Å². The Morgan fingerprint density at radius 3 is 1.65 bits per heavy atom. The molecule has 6 heteroatoms. The van der Waals surface area contributed by atoms with Crippen LogP contribution in [-0.2, 0) is 10.0 Å². The number of rotatable bonds is 5. The quantitative estimate of drug-likeness (QED) is 0.284. The SMILES string of the molecule is Cc1ccc(S(=O)(=O)N/N=C2/C(=O)c3ccc(-c4ccccc4)c4c(-c5ccccc5)ccc2c34)cc1. The minimum Gasteiger partial charge on any atom is -0.287 e. The van der Waals surface area contributed by atoms with Gasteiger partial charge in [0.05, 0.1) is 4.90 Å². The van der Waals surface area contributed by atoms with E-state index < -0.39 is 10.0 Å². The number of benzene rings is 5. The van der Waals surface area contributed by atoms with Crippen molar-refractivity contribution in [2.24, 2.45) is 5.10 Å². The Kier molecular flexibility index (Phi) is 5.46. The lowest BCUT2D eigenvalue weighted by Gasteiger charge is -2.14. The summed E-state index contributed by atoms with van der Waals surface area (Å²) in [5.74, 6) is -0.309. The number of nitrogens with zero attached hydrogens (tertiary/aromatic N) is 1. The van der Waals surface area contributed by atoms with E-state index in [0.717, 1.165) is 38.6 Å². The van der Waals surface area contributed by atoms with Crippen LogP contribution in [0.1, 0.15) is 21.5 Å². The molecule has 0 unspecified atom stereocenters. The van der Waals surface area contributed by atoms with Crippen molar-refractivity contribution >= 4 is 32.3 Å². The van der Waals surface area contributed by atoms with Gasteiger partial charge in [0.1, 0.15) is 5.71 Å². The molecule has 0 aromatic heterocycles. The molecular weight excluding hydrogens is 480 g/mol. The first-order valence-electron chi connectivity index (χ1n) is 11.9. The minimum atomic E-state index is -3.94. The third-order valence-corrected chi connectivity index (χ3v) is 7.88. The largest absolute Gasteiger partial charge is 0.287 e. The smallest absolute Gasteiger partial charge is 0.276 e. The van der Waals surface area contributed by atoms with E-state index in [1.165, 1.54) is 12.1 Å². The van der Waals surface area contributed by atoms with Gasteiger partial charge < -0.3 is 0 Å². The van der Waals surface area contributed by atoms with E-state index >= 15 is 0 Å². The molecule has 0 fully saturated rings. The van der Waals surface area contributed by atoms with Crippen LogP contribution in [0.25, 0.3) is 33.0 Å².